The molecule has 7 heteroatoms. The lowest BCUT2D eigenvalue weighted by molar-refractivity contribution is -0.121. The van der Waals surface area contributed by atoms with E-state index in [4.69, 9.17) is 0 Å². The zero-order valence-electron chi connectivity index (χ0n) is 18.9. The van der Waals surface area contributed by atoms with Crippen molar-refractivity contribution in [3.63, 3.8) is 0 Å². The molecule has 0 unspecified atom stereocenters. The Morgan fingerprint density at radius 1 is 1.09 bits per heavy atom. The molecule has 4 rings (SSSR count). The molecular formula is C26H27FN4O2. The van der Waals surface area contributed by atoms with Gasteiger partial charge in [0.15, 0.2) is 0 Å². The predicted octanol–water partition coefficient (Wildman–Crippen LogP) is 4.46. The standard InChI is InChI=1S/C26H27FN4O2/c1-15(2)26-29-19(13-24(32)31-26)12-23(17-7-5-4-6-8-17)30-25(33)14-20-16(3)28-22-10-9-18(27)11-21(20)22/h4-11,13,15,23,28H,12,14H2,1-3H3,(H,30,33)(H,29,31,32)/t23-/m1/s1. The summed E-state index contributed by atoms with van der Waals surface area (Å²) in [6.07, 6.45) is 0.486. The molecule has 0 aliphatic carbocycles. The third-order valence-electron chi connectivity index (χ3n) is 5.73. The van der Waals surface area contributed by atoms with E-state index in [0.717, 1.165) is 22.3 Å². The van der Waals surface area contributed by atoms with Crippen LogP contribution in [0.1, 0.15) is 54.1 Å². The number of amides is 1. The number of rotatable bonds is 7. The van der Waals surface area contributed by atoms with E-state index in [1.807, 2.05) is 51.1 Å². The molecular weight excluding hydrogens is 419 g/mol. The van der Waals surface area contributed by atoms with Gasteiger partial charge in [-0.2, -0.15) is 0 Å². The summed E-state index contributed by atoms with van der Waals surface area (Å²) in [6, 6.07) is 15.2. The fraction of sp³-hybridized carbons (Fsp3) is 0.269. The maximum Gasteiger partial charge on any atom is 0.251 e. The minimum Gasteiger partial charge on any atom is -0.358 e. The van der Waals surface area contributed by atoms with Gasteiger partial charge in [0, 0.05) is 35.0 Å². The van der Waals surface area contributed by atoms with Gasteiger partial charge < -0.3 is 15.3 Å². The molecule has 0 saturated heterocycles. The lowest BCUT2D eigenvalue weighted by Gasteiger charge is -2.20. The Labute approximate surface area is 191 Å². The number of carbonyl (C=O) groups excluding carboxylic acids is 1. The van der Waals surface area contributed by atoms with Gasteiger partial charge in [0.1, 0.15) is 11.6 Å². The molecule has 0 saturated carbocycles. The summed E-state index contributed by atoms with van der Waals surface area (Å²) >= 11 is 0. The highest BCUT2D eigenvalue weighted by molar-refractivity contribution is 5.90. The van der Waals surface area contributed by atoms with Crippen LogP contribution in [0.15, 0.2) is 59.4 Å². The summed E-state index contributed by atoms with van der Waals surface area (Å²) in [4.78, 5) is 35.8. The molecule has 0 aliphatic rings. The van der Waals surface area contributed by atoms with Crippen molar-refractivity contribution in [2.45, 2.75) is 45.6 Å². The molecule has 0 aliphatic heterocycles. The molecule has 2 heterocycles. The highest BCUT2D eigenvalue weighted by Crippen LogP contribution is 2.24. The number of hydrogen-bond acceptors (Lipinski definition) is 3. The van der Waals surface area contributed by atoms with Crippen LogP contribution in [0.25, 0.3) is 10.9 Å². The molecule has 1 atom stereocenters. The summed E-state index contributed by atoms with van der Waals surface area (Å²) in [6.45, 7) is 5.80. The molecule has 0 radical (unpaired) electrons. The second-order valence-corrected chi connectivity index (χ2v) is 8.61. The van der Waals surface area contributed by atoms with Crippen LogP contribution in [0.2, 0.25) is 0 Å². The quantitative estimate of drug-likeness (QED) is 0.391. The van der Waals surface area contributed by atoms with Crippen molar-refractivity contribution in [3.05, 3.63) is 99.1 Å². The van der Waals surface area contributed by atoms with Gasteiger partial charge in [-0.15, -0.1) is 0 Å². The van der Waals surface area contributed by atoms with Gasteiger partial charge in [-0.3, -0.25) is 9.59 Å². The van der Waals surface area contributed by atoms with Crippen molar-refractivity contribution in [2.24, 2.45) is 0 Å². The zero-order valence-corrected chi connectivity index (χ0v) is 18.9. The maximum atomic E-state index is 13.8. The van der Waals surface area contributed by atoms with E-state index in [9.17, 15) is 14.0 Å². The van der Waals surface area contributed by atoms with Crippen LogP contribution in [0.3, 0.4) is 0 Å². The number of nitrogens with one attached hydrogen (secondary N) is 3. The summed E-state index contributed by atoms with van der Waals surface area (Å²) in [5.41, 5.74) is 3.72. The average Bonchev–Trinajstić information content (AvgIpc) is 3.08. The van der Waals surface area contributed by atoms with E-state index in [1.165, 1.54) is 18.2 Å². The maximum absolute atomic E-state index is 13.8. The molecule has 6 nitrogen and oxygen atoms in total. The van der Waals surface area contributed by atoms with E-state index in [2.05, 4.69) is 20.3 Å². The normalized spacial score (nSPS) is 12.3. The van der Waals surface area contributed by atoms with Crippen molar-refractivity contribution in [1.29, 1.82) is 0 Å². The molecule has 1 amide bonds. The first kappa shape index (κ1) is 22.5. The van der Waals surface area contributed by atoms with E-state index in [0.29, 0.717) is 23.3 Å². The van der Waals surface area contributed by atoms with Gasteiger partial charge in [-0.1, -0.05) is 44.2 Å². The summed E-state index contributed by atoms with van der Waals surface area (Å²) < 4.78 is 13.8. The molecule has 2 aromatic carbocycles. The minimum atomic E-state index is -0.365. The highest BCUT2D eigenvalue weighted by Gasteiger charge is 2.19. The Kier molecular flexibility index (Phi) is 6.40. The molecule has 2 aromatic heterocycles. The minimum absolute atomic E-state index is 0.0765. The lowest BCUT2D eigenvalue weighted by Crippen LogP contribution is -2.32. The number of aromatic nitrogens is 3. The van der Waals surface area contributed by atoms with Crippen LogP contribution in [-0.4, -0.2) is 20.9 Å². The van der Waals surface area contributed by atoms with Gasteiger partial charge in [-0.25, -0.2) is 9.37 Å². The first-order valence-electron chi connectivity index (χ1n) is 11.0. The number of aromatic amines is 2. The van der Waals surface area contributed by atoms with Crippen molar-refractivity contribution >= 4 is 16.8 Å². The molecule has 0 spiro atoms. The van der Waals surface area contributed by atoms with Crippen LogP contribution < -0.4 is 10.9 Å². The van der Waals surface area contributed by atoms with Crippen LogP contribution in [-0.2, 0) is 17.6 Å². The van der Waals surface area contributed by atoms with Crippen molar-refractivity contribution in [1.82, 2.24) is 20.3 Å². The Morgan fingerprint density at radius 2 is 1.85 bits per heavy atom. The predicted molar refractivity (Wildman–Crippen MR) is 127 cm³/mol. The number of nitrogens with zero attached hydrogens (tertiary/aromatic N) is 1. The van der Waals surface area contributed by atoms with Gasteiger partial charge in [0.25, 0.3) is 5.56 Å². The highest BCUT2D eigenvalue weighted by atomic mass is 19.1. The molecule has 0 fully saturated rings. The van der Waals surface area contributed by atoms with E-state index in [1.54, 1.807) is 6.07 Å². The lowest BCUT2D eigenvalue weighted by atomic mass is 10.0. The number of H-pyrrole nitrogens is 2. The topological polar surface area (TPSA) is 90.6 Å². The van der Waals surface area contributed by atoms with Gasteiger partial charge in [0.2, 0.25) is 5.91 Å². The number of carbonyl (C=O) groups is 1. The molecule has 0 bridgehead atoms. The van der Waals surface area contributed by atoms with Gasteiger partial charge >= 0.3 is 0 Å². The van der Waals surface area contributed by atoms with E-state index < -0.39 is 0 Å². The summed E-state index contributed by atoms with van der Waals surface area (Å²) in [7, 11) is 0. The number of benzene rings is 2. The second-order valence-electron chi connectivity index (χ2n) is 8.61. The molecule has 3 N–H and O–H groups in total. The third-order valence-corrected chi connectivity index (χ3v) is 5.73. The first-order valence-corrected chi connectivity index (χ1v) is 11.0. The van der Waals surface area contributed by atoms with Gasteiger partial charge in [-0.05, 0) is 36.2 Å². The third kappa shape index (κ3) is 5.19. The number of aryl methyl sites for hydroxylation is 1. The van der Waals surface area contributed by atoms with Gasteiger partial charge in [0.05, 0.1) is 18.2 Å². The average molecular weight is 447 g/mol. The van der Waals surface area contributed by atoms with Crippen LogP contribution in [0.4, 0.5) is 4.39 Å². The van der Waals surface area contributed by atoms with E-state index in [-0.39, 0.29) is 35.7 Å². The Hall–Kier alpha value is -3.74. The Morgan fingerprint density at radius 3 is 2.58 bits per heavy atom. The first-order chi connectivity index (χ1) is 15.8. The molecule has 33 heavy (non-hydrogen) atoms. The number of halogens is 1. The SMILES string of the molecule is Cc1[nH]c2ccc(F)cc2c1CC(=O)N[C@H](Cc1cc(=O)[nH]c(C(C)C)n1)c1ccccc1. The fourth-order valence-corrected chi connectivity index (χ4v) is 4.04. The Balaban J connectivity index is 1.61. The number of fused-ring (bicyclic) bond motifs is 1. The van der Waals surface area contributed by atoms with Crippen LogP contribution in [0.5, 0.6) is 0 Å². The monoisotopic (exact) mass is 446 g/mol. The molecule has 170 valence electrons. The largest absolute Gasteiger partial charge is 0.358 e. The fourth-order valence-electron chi connectivity index (χ4n) is 4.04. The van der Waals surface area contributed by atoms with Crippen molar-refractivity contribution < 1.29 is 9.18 Å². The van der Waals surface area contributed by atoms with Crippen LogP contribution in [0, 0.1) is 12.7 Å². The van der Waals surface area contributed by atoms with Crippen LogP contribution >= 0.6 is 0 Å². The summed E-state index contributed by atoms with van der Waals surface area (Å²) in [5.74, 6) is 0.164. The van der Waals surface area contributed by atoms with Crippen molar-refractivity contribution in [2.75, 3.05) is 0 Å². The second kappa shape index (κ2) is 9.40. The van der Waals surface area contributed by atoms with Crippen molar-refractivity contribution in [3.8, 4) is 0 Å². The Bertz CT molecular complexity index is 1340. The summed E-state index contributed by atoms with van der Waals surface area (Å²) in [5, 5.41) is 3.80. The number of hydrogen-bond donors (Lipinski definition) is 3. The zero-order chi connectivity index (χ0) is 23.5. The van der Waals surface area contributed by atoms with E-state index >= 15 is 0 Å². The smallest absolute Gasteiger partial charge is 0.251 e. The molecule has 4 aromatic rings.